The molecule has 0 bridgehead atoms. The zero-order valence-corrected chi connectivity index (χ0v) is 15.7. The van der Waals surface area contributed by atoms with Gasteiger partial charge in [0.05, 0.1) is 12.2 Å². The van der Waals surface area contributed by atoms with Crippen LogP contribution in [0.25, 0.3) is 17.2 Å². The number of halogens is 1. The van der Waals surface area contributed by atoms with E-state index in [1.165, 1.54) is 6.07 Å². The van der Waals surface area contributed by atoms with E-state index >= 15 is 0 Å². The predicted molar refractivity (Wildman–Crippen MR) is 100 cm³/mol. The molecule has 8 nitrogen and oxygen atoms in total. The van der Waals surface area contributed by atoms with E-state index < -0.39 is 5.82 Å². The maximum absolute atomic E-state index is 14.2. The highest BCUT2D eigenvalue weighted by atomic mass is 19.1. The number of aromatic nitrogens is 7. The van der Waals surface area contributed by atoms with Gasteiger partial charge in [0.15, 0.2) is 23.1 Å². The number of imidazole rings is 1. The fraction of sp³-hybridized carbons (Fsp3) is 0.316. The van der Waals surface area contributed by atoms with Crippen molar-refractivity contribution in [1.29, 1.82) is 0 Å². The summed E-state index contributed by atoms with van der Waals surface area (Å²) in [4.78, 5) is 13.1. The van der Waals surface area contributed by atoms with E-state index in [1.54, 1.807) is 38.1 Å². The van der Waals surface area contributed by atoms with Gasteiger partial charge >= 0.3 is 0 Å². The van der Waals surface area contributed by atoms with Crippen LogP contribution < -0.4 is 0 Å². The molecular weight excluding hydrogens is 361 g/mol. The van der Waals surface area contributed by atoms with Crippen LogP contribution in [0.2, 0.25) is 0 Å². The van der Waals surface area contributed by atoms with Crippen molar-refractivity contribution in [2.24, 2.45) is 0 Å². The van der Waals surface area contributed by atoms with Gasteiger partial charge in [0, 0.05) is 31.3 Å². The van der Waals surface area contributed by atoms with Gasteiger partial charge in [0.1, 0.15) is 18.6 Å². The lowest BCUT2D eigenvalue weighted by atomic mass is 10.1. The molecule has 0 saturated carbocycles. The first-order valence-corrected chi connectivity index (χ1v) is 9.04. The Hall–Kier alpha value is -3.20. The molecule has 4 aromatic heterocycles. The molecule has 4 heterocycles. The van der Waals surface area contributed by atoms with E-state index in [0.717, 1.165) is 29.7 Å². The minimum atomic E-state index is -0.409. The molecule has 0 amide bonds. The number of ether oxygens (including phenoxy) is 1. The van der Waals surface area contributed by atoms with Crippen molar-refractivity contribution in [2.45, 2.75) is 32.9 Å². The summed E-state index contributed by atoms with van der Waals surface area (Å²) in [6.45, 7) is 2.90. The van der Waals surface area contributed by atoms with Gasteiger partial charge in [0.25, 0.3) is 0 Å². The molecule has 4 aromatic rings. The number of hydrogen-bond donors (Lipinski definition) is 0. The van der Waals surface area contributed by atoms with Gasteiger partial charge < -0.3 is 9.30 Å². The van der Waals surface area contributed by atoms with E-state index in [-0.39, 0.29) is 5.69 Å². The summed E-state index contributed by atoms with van der Waals surface area (Å²) >= 11 is 0. The second kappa shape index (κ2) is 7.81. The van der Waals surface area contributed by atoms with Crippen LogP contribution in [0, 0.1) is 5.82 Å². The lowest BCUT2D eigenvalue weighted by Gasteiger charge is -2.12. The standard InChI is InChI=1S/C19H20FN7O/c1-3-5-13-15(23-12-27-16(11-28-2)24-25-18(13)27)10-26-9-8-22-19(26)17-14(20)6-4-7-21-17/h4,6-9,12H,3,5,10-11H2,1-2H3. The van der Waals surface area contributed by atoms with Gasteiger partial charge in [-0.05, 0) is 18.6 Å². The summed E-state index contributed by atoms with van der Waals surface area (Å²) in [6, 6.07) is 2.94. The fourth-order valence-electron chi connectivity index (χ4n) is 3.22. The van der Waals surface area contributed by atoms with Crippen LogP contribution in [-0.4, -0.2) is 41.2 Å². The summed E-state index contributed by atoms with van der Waals surface area (Å²) in [5, 5.41) is 8.55. The molecule has 0 fully saturated rings. The molecule has 4 rings (SSSR count). The molecular formula is C19H20FN7O. The zero-order valence-electron chi connectivity index (χ0n) is 15.7. The summed E-state index contributed by atoms with van der Waals surface area (Å²) in [5.74, 6) is 0.755. The smallest absolute Gasteiger partial charge is 0.167 e. The maximum Gasteiger partial charge on any atom is 0.167 e. The van der Waals surface area contributed by atoms with Crippen molar-refractivity contribution in [2.75, 3.05) is 7.11 Å². The van der Waals surface area contributed by atoms with Crippen molar-refractivity contribution in [1.82, 2.24) is 34.1 Å². The van der Waals surface area contributed by atoms with E-state index in [1.807, 2.05) is 8.97 Å². The second-order valence-electron chi connectivity index (χ2n) is 6.38. The van der Waals surface area contributed by atoms with Crippen molar-refractivity contribution >= 4 is 5.65 Å². The minimum Gasteiger partial charge on any atom is -0.377 e. The van der Waals surface area contributed by atoms with Crippen LogP contribution >= 0.6 is 0 Å². The largest absolute Gasteiger partial charge is 0.377 e. The number of nitrogens with zero attached hydrogens (tertiary/aromatic N) is 7. The van der Waals surface area contributed by atoms with Gasteiger partial charge in [-0.25, -0.2) is 19.3 Å². The third-order valence-electron chi connectivity index (χ3n) is 4.49. The molecule has 0 aliphatic carbocycles. The summed E-state index contributed by atoms with van der Waals surface area (Å²) in [7, 11) is 1.62. The van der Waals surface area contributed by atoms with Gasteiger partial charge in [-0.1, -0.05) is 13.3 Å². The molecule has 0 unspecified atom stereocenters. The average molecular weight is 381 g/mol. The Kier molecular flexibility index (Phi) is 5.07. The summed E-state index contributed by atoms with van der Waals surface area (Å²) in [6.07, 6.45) is 8.43. The van der Waals surface area contributed by atoms with E-state index in [2.05, 4.69) is 32.1 Å². The summed E-state index contributed by atoms with van der Waals surface area (Å²) in [5.41, 5.74) is 2.85. The van der Waals surface area contributed by atoms with Gasteiger partial charge in [-0.3, -0.25) is 4.40 Å². The molecule has 0 N–H and O–H groups in total. The van der Waals surface area contributed by atoms with E-state index in [4.69, 9.17) is 4.74 Å². The second-order valence-corrected chi connectivity index (χ2v) is 6.38. The molecule has 9 heteroatoms. The number of pyridine rings is 1. The minimum absolute atomic E-state index is 0.218. The molecule has 0 aliphatic rings. The third-order valence-corrected chi connectivity index (χ3v) is 4.49. The Morgan fingerprint density at radius 1 is 1.14 bits per heavy atom. The fourth-order valence-corrected chi connectivity index (χ4v) is 3.22. The number of methoxy groups -OCH3 is 1. The Labute approximate surface area is 161 Å². The maximum atomic E-state index is 14.2. The highest BCUT2D eigenvalue weighted by Crippen LogP contribution is 2.22. The molecule has 0 saturated heterocycles. The van der Waals surface area contributed by atoms with Crippen LogP contribution in [0.3, 0.4) is 0 Å². The van der Waals surface area contributed by atoms with Crippen LogP contribution in [-0.2, 0) is 24.3 Å². The molecule has 144 valence electrons. The number of fused-ring (bicyclic) bond motifs is 1. The highest BCUT2D eigenvalue weighted by Gasteiger charge is 2.17. The predicted octanol–water partition coefficient (Wildman–Crippen LogP) is 2.67. The number of hydrogen-bond acceptors (Lipinski definition) is 6. The first-order chi connectivity index (χ1) is 13.7. The van der Waals surface area contributed by atoms with Crippen molar-refractivity contribution < 1.29 is 9.13 Å². The van der Waals surface area contributed by atoms with Crippen molar-refractivity contribution in [3.8, 4) is 11.5 Å². The van der Waals surface area contributed by atoms with Crippen molar-refractivity contribution in [3.05, 3.63) is 59.9 Å². The normalized spacial score (nSPS) is 11.4. The van der Waals surface area contributed by atoms with E-state index in [9.17, 15) is 4.39 Å². The van der Waals surface area contributed by atoms with Crippen LogP contribution in [0.5, 0.6) is 0 Å². The van der Waals surface area contributed by atoms with Crippen LogP contribution in [0.1, 0.15) is 30.4 Å². The Balaban J connectivity index is 1.76. The molecule has 0 aliphatic heterocycles. The summed E-state index contributed by atoms with van der Waals surface area (Å²) < 4.78 is 23.1. The Morgan fingerprint density at radius 2 is 2.04 bits per heavy atom. The van der Waals surface area contributed by atoms with Gasteiger partial charge in [0.2, 0.25) is 0 Å². The SMILES string of the molecule is CCCc1c(Cn2ccnc2-c2ncccc2F)ncn2c(COC)nnc12. The number of aryl methyl sites for hydroxylation is 1. The molecule has 0 radical (unpaired) electrons. The monoisotopic (exact) mass is 381 g/mol. The third kappa shape index (κ3) is 3.24. The first-order valence-electron chi connectivity index (χ1n) is 9.04. The topological polar surface area (TPSA) is 83.0 Å². The average Bonchev–Trinajstić information content (AvgIpc) is 3.32. The quantitative estimate of drug-likeness (QED) is 0.489. The van der Waals surface area contributed by atoms with Gasteiger partial charge in [-0.2, -0.15) is 0 Å². The molecule has 0 spiro atoms. The van der Waals surface area contributed by atoms with Crippen LogP contribution in [0.4, 0.5) is 4.39 Å². The molecule has 0 aromatic carbocycles. The van der Waals surface area contributed by atoms with Crippen molar-refractivity contribution in [3.63, 3.8) is 0 Å². The molecule has 0 atom stereocenters. The lowest BCUT2D eigenvalue weighted by Crippen LogP contribution is -2.10. The lowest BCUT2D eigenvalue weighted by molar-refractivity contribution is 0.177. The first kappa shape index (κ1) is 18.2. The van der Waals surface area contributed by atoms with Gasteiger partial charge in [-0.15, -0.1) is 10.2 Å². The Morgan fingerprint density at radius 3 is 2.82 bits per heavy atom. The zero-order chi connectivity index (χ0) is 19.5. The van der Waals surface area contributed by atoms with Crippen LogP contribution in [0.15, 0.2) is 37.1 Å². The van der Waals surface area contributed by atoms with E-state index in [0.29, 0.717) is 24.8 Å². The number of rotatable bonds is 7. The Bertz CT molecular complexity index is 1100. The highest BCUT2D eigenvalue weighted by molar-refractivity contribution is 5.52. The molecule has 28 heavy (non-hydrogen) atoms.